The first-order chi connectivity index (χ1) is 9.63. The van der Waals surface area contributed by atoms with Gasteiger partial charge >= 0.3 is 0 Å². The van der Waals surface area contributed by atoms with Gasteiger partial charge in [0.15, 0.2) is 6.10 Å². The van der Waals surface area contributed by atoms with Crippen molar-refractivity contribution in [2.24, 2.45) is 0 Å². The van der Waals surface area contributed by atoms with Crippen molar-refractivity contribution >= 4 is 5.78 Å². The highest BCUT2D eigenvalue weighted by Gasteiger charge is 2.30. The summed E-state index contributed by atoms with van der Waals surface area (Å²) in [5, 5.41) is 9.34. The van der Waals surface area contributed by atoms with E-state index in [0.29, 0.717) is 17.1 Å². The molecule has 1 aliphatic rings. The average Bonchev–Trinajstić information content (AvgIpc) is 2.44. The molecule has 0 saturated heterocycles. The van der Waals surface area contributed by atoms with E-state index in [1.54, 1.807) is 0 Å². The quantitative estimate of drug-likeness (QED) is 0.914. The first kappa shape index (κ1) is 12.5. The van der Waals surface area contributed by atoms with Crippen LogP contribution in [0.4, 0.5) is 4.39 Å². The zero-order valence-electron chi connectivity index (χ0n) is 10.4. The first-order valence-electron chi connectivity index (χ1n) is 6.06. The van der Waals surface area contributed by atoms with Crippen molar-refractivity contribution in [2.75, 3.05) is 6.61 Å². The number of ketones is 1. The maximum atomic E-state index is 12.8. The van der Waals surface area contributed by atoms with Crippen LogP contribution in [0.5, 0.6) is 17.2 Å². The number of ether oxygens (including phenoxy) is 2. The second kappa shape index (κ2) is 4.85. The van der Waals surface area contributed by atoms with Gasteiger partial charge in [0.25, 0.3) is 0 Å². The fourth-order valence-electron chi connectivity index (χ4n) is 2.01. The summed E-state index contributed by atoms with van der Waals surface area (Å²) in [4.78, 5) is 12.2. The Hall–Kier alpha value is -2.56. The van der Waals surface area contributed by atoms with Crippen LogP contribution in [0.3, 0.4) is 0 Å². The molecular formula is C15H11FO4. The molecule has 0 amide bonds. The third-order valence-electron chi connectivity index (χ3n) is 3.01. The molecule has 102 valence electrons. The van der Waals surface area contributed by atoms with Crippen molar-refractivity contribution < 1.29 is 23.8 Å². The van der Waals surface area contributed by atoms with Gasteiger partial charge in [-0.05, 0) is 36.4 Å². The standard InChI is InChI=1S/C15H11FO4/c16-9-1-4-11(5-2-9)20-14-8-19-13-7-10(17)3-6-12(13)15(14)18/h1-7,14,17H,8H2. The molecule has 0 radical (unpaired) electrons. The van der Waals surface area contributed by atoms with Gasteiger partial charge in [0.2, 0.25) is 5.78 Å². The van der Waals surface area contributed by atoms with Gasteiger partial charge in [0.05, 0.1) is 5.56 Å². The molecule has 1 atom stereocenters. The predicted octanol–water partition coefficient (Wildman–Crippen LogP) is 2.55. The normalized spacial score (nSPS) is 17.2. The third-order valence-corrected chi connectivity index (χ3v) is 3.01. The van der Waals surface area contributed by atoms with E-state index < -0.39 is 6.10 Å². The average molecular weight is 274 g/mol. The topological polar surface area (TPSA) is 55.8 Å². The lowest BCUT2D eigenvalue weighted by Gasteiger charge is -2.24. The monoisotopic (exact) mass is 274 g/mol. The summed E-state index contributed by atoms with van der Waals surface area (Å²) in [6.07, 6.45) is -0.780. The number of fused-ring (bicyclic) bond motifs is 1. The molecule has 0 aliphatic carbocycles. The summed E-state index contributed by atoms with van der Waals surface area (Å²) in [6, 6.07) is 9.73. The minimum atomic E-state index is -0.780. The summed E-state index contributed by atoms with van der Waals surface area (Å²) >= 11 is 0. The lowest BCUT2D eigenvalue weighted by Crippen LogP contribution is -2.37. The predicted molar refractivity (Wildman–Crippen MR) is 68.7 cm³/mol. The lowest BCUT2D eigenvalue weighted by atomic mass is 10.0. The molecule has 20 heavy (non-hydrogen) atoms. The smallest absolute Gasteiger partial charge is 0.210 e. The fraction of sp³-hybridized carbons (Fsp3) is 0.133. The highest BCUT2D eigenvalue weighted by molar-refractivity contribution is 6.03. The number of aromatic hydroxyl groups is 1. The maximum Gasteiger partial charge on any atom is 0.210 e. The summed E-state index contributed by atoms with van der Waals surface area (Å²) < 4.78 is 23.7. The molecule has 0 saturated carbocycles. The Morgan fingerprint density at radius 1 is 1.20 bits per heavy atom. The van der Waals surface area contributed by atoms with E-state index in [-0.39, 0.29) is 24.0 Å². The van der Waals surface area contributed by atoms with E-state index in [1.165, 1.54) is 42.5 Å². The number of hydrogen-bond acceptors (Lipinski definition) is 4. The Morgan fingerprint density at radius 3 is 2.70 bits per heavy atom. The molecule has 2 aromatic rings. The zero-order chi connectivity index (χ0) is 14.1. The summed E-state index contributed by atoms with van der Waals surface area (Å²) in [7, 11) is 0. The lowest BCUT2D eigenvalue weighted by molar-refractivity contribution is 0.0628. The van der Waals surface area contributed by atoms with Crippen LogP contribution >= 0.6 is 0 Å². The van der Waals surface area contributed by atoms with Gasteiger partial charge < -0.3 is 14.6 Å². The fourth-order valence-corrected chi connectivity index (χ4v) is 2.01. The highest BCUT2D eigenvalue weighted by Crippen LogP contribution is 2.29. The minimum Gasteiger partial charge on any atom is -0.508 e. The Balaban J connectivity index is 1.81. The molecule has 0 bridgehead atoms. The van der Waals surface area contributed by atoms with Crippen LogP contribution in [0.15, 0.2) is 42.5 Å². The largest absolute Gasteiger partial charge is 0.508 e. The molecule has 3 rings (SSSR count). The van der Waals surface area contributed by atoms with Crippen LogP contribution in [-0.4, -0.2) is 23.6 Å². The number of phenols is 1. The third kappa shape index (κ3) is 2.30. The number of halogens is 1. The van der Waals surface area contributed by atoms with Crippen molar-refractivity contribution in [1.29, 1.82) is 0 Å². The molecular weight excluding hydrogens is 263 g/mol. The van der Waals surface area contributed by atoms with E-state index in [0.717, 1.165) is 0 Å². The van der Waals surface area contributed by atoms with Gasteiger partial charge in [-0.1, -0.05) is 0 Å². The number of phenolic OH excluding ortho intramolecular Hbond substituents is 1. The van der Waals surface area contributed by atoms with E-state index in [4.69, 9.17) is 9.47 Å². The van der Waals surface area contributed by atoms with Gasteiger partial charge in [0.1, 0.15) is 29.7 Å². The molecule has 0 aromatic heterocycles. The van der Waals surface area contributed by atoms with Crippen molar-refractivity contribution in [3.63, 3.8) is 0 Å². The van der Waals surface area contributed by atoms with Crippen LogP contribution in [0.25, 0.3) is 0 Å². The van der Waals surface area contributed by atoms with Crippen LogP contribution < -0.4 is 9.47 Å². The molecule has 1 unspecified atom stereocenters. The van der Waals surface area contributed by atoms with Crippen LogP contribution in [-0.2, 0) is 0 Å². The number of Topliss-reactive ketones (excluding diaryl/α,β-unsaturated/α-hetero) is 1. The van der Waals surface area contributed by atoms with E-state index in [2.05, 4.69) is 0 Å². The van der Waals surface area contributed by atoms with Gasteiger partial charge in [-0.15, -0.1) is 0 Å². The Bertz CT molecular complexity index is 651. The van der Waals surface area contributed by atoms with Crippen molar-refractivity contribution in [2.45, 2.75) is 6.10 Å². The zero-order valence-corrected chi connectivity index (χ0v) is 10.4. The van der Waals surface area contributed by atoms with Gasteiger partial charge in [-0.25, -0.2) is 4.39 Å². The molecule has 1 heterocycles. The van der Waals surface area contributed by atoms with Crippen LogP contribution in [0, 0.1) is 5.82 Å². The molecule has 4 nitrogen and oxygen atoms in total. The Kier molecular flexibility index (Phi) is 3.02. The second-order valence-electron chi connectivity index (χ2n) is 4.42. The molecule has 0 spiro atoms. The number of rotatable bonds is 2. The van der Waals surface area contributed by atoms with E-state index in [1.807, 2.05) is 0 Å². The number of carbonyl (C=O) groups is 1. The first-order valence-corrected chi connectivity index (χ1v) is 6.06. The molecule has 2 aromatic carbocycles. The molecule has 0 fully saturated rings. The number of benzene rings is 2. The van der Waals surface area contributed by atoms with Crippen molar-refractivity contribution in [1.82, 2.24) is 0 Å². The summed E-state index contributed by atoms with van der Waals surface area (Å²) in [5.41, 5.74) is 0.362. The second-order valence-corrected chi connectivity index (χ2v) is 4.42. The Morgan fingerprint density at radius 2 is 1.95 bits per heavy atom. The van der Waals surface area contributed by atoms with Gasteiger partial charge in [0, 0.05) is 6.07 Å². The Labute approximate surface area is 114 Å². The summed E-state index contributed by atoms with van der Waals surface area (Å²) in [6.45, 7) is 0.0483. The minimum absolute atomic E-state index is 0.0365. The molecule has 1 N–H and O–H groups in total. The van der Waals surface area contributed by atoms with Gasteiger partial charge in [-0.2, -0.15) is 0 Å². The van der Waals surface area contributed by atoms with E-state index >= 15 is 0 Å². The summed E-state index contributed by atoms with van der Waals surface area (Å²) in [5.74, 6) is 0.180. The molecule has 1 aliphatic heterocycles. The highest BCUT2D eigenvalue weighted by atomic mass is 19.1. The van der Waals surface area contributed by atoms with Crippen LogP contribution in [0.1, 0.15) is 10.4 Å². The SMILES string of the molecule is O=C1c2ccc(O)cc2OCC1Oc1ccc(F)cc1. The number of hydrogen-bond donors (Lipinski definition) is 1. The number of carbonyl (C=O) groups excluding carboxylic acids is 1. The maximum absolute atomic E-state index is 12.8. The van der Waals surface area contributed by atoms with E-state index in [9.17, 15) is 14.3 Å². The van der Waals surface area contributed by atoms with Crippen LogP contribution in [0.2, 0.25) is 0 Å². The molecule has 5 heteroatoms. The van der Waals surface area contributed by atoms with Gasteiger partial charge in [-0.3, -0.25) is 4.79 Å². The van der Waals surface area contributed by atoms with Crippen molar-refractivity contribution in [3.8, 4) is 17.2 Å². The van der Waals surface area contributed by atoms with Crippen molar-refractivity contribution in [3.05, 3.63) is 53.8 Å².